The van der Waals surface area contributed by atoms with Crippen molar-refractivity contribution in [2.24, 2.45) is 0 Å². The lowest BCUT2D eigenvalue weighted by Gasteiger charge is -2.33. The van der Waals surface area contributed by atoms with Crippen LogP contribution in [0.15, 0.2) is 36.5 Å². The Morgan fingerprint density at radius 2 is 2.00 bits per heavy atom. The first-order valence-corrected chi connectivity index (χ1v) is 8.47. The van der Waals surface area contributed by atoms with Crippen molar-refractivity contribution in [3.8, 4) is 5.75 Å². The molecule has 24 heavy (non-hydrogen) atoms. The Bertz CT molecular complexity index is 904. The molecular weight excluding hydrogens is 302 g/mol. The number of benzene rings is 1. The van der Waals surface area contributed by atoms with E-state index in [9.17, 15) is 0 Å². The highest BCUT2D eigenvalue weighted by Gasteiger charge is 2.26. The van der Waals surface area contributed by atoms with Gasteiger partial charge >= 0.3 is 0 Å². The SMILES string of the molecule is c1ccc2c(c1)OCCN2c1c2c(nc3ccnn13)CCNCC2. The first-order valence-electron chi connectivity index (χ1n) is 8.47. The van der Waals surface area contributed by atoms with Crippen LogP contribution in [-0.2, 0) is 12.8 Å². The fourth-order valence-electron chi connectivity index (χ4n) is 3.68. The van der Waals surface area contributed by atoms with E-state index in [4.69, 9.17) is 9.72 Å². The third kappa shape index (κ3) is 2.06. The maximum absolute atomic E-state index is 5.84. The number of anilines is 2. The highest BCUT2D eigenvalue weighted by Crippen LogP contribution is 2.38. The molecule has 5 rings (SSSR count). The minimum absolute atomic E-state index is 0.676. The number of aromatic nitrogens is 3. The summed E-state index contributed by atoms with van der Waals surface area (Å²) in [6.07, 6.45) is 3.75. The summed E-state index contributed by atoms with van der Waals surface area (Å²) in [6.45, 7) is 3.44. The number of rotatable bonds is 1. The number of hydrogen-bond donors (Lipinski definition) is 1. The summed E-state index contributed by atoms with van der Waals surface area (Å²) in [7, 11) is 0. The fourth-order valence-corrected chi connectivity index (χ4v) is 3.68. The Morgan fingerprint density at radius 1 is 1.08 bits per heavy atom. The van der Waals surface area contributed by atoms with Crippen LogP contribution in [0, 0.1) is 0 Å². The van der Waals surface area contributed by atoms with Gasteiger partial charge in [0, 0.05) is 24.6 Å². The summed E-state index contributed by atoms with van der Waals surface area (Å²) >= 11 is 0. The van der Waals surface area contributed by atoms with Crippen molar-refractivity contribution in [1.82, 2.24) is 19.9 Å². The van der Waals surface area contributed by atoms with E-state index in [2.05, 4.69) is 27.4 Å². The van der Waals surface area contributed by atoms with E-state index < -0.39 is 0 Å². The molecule has 0 amide bonds. The van der Waals surface area contributed by atoms with Gasteiger partial charge in [-0.3, -0.25) is 0 Å². The average molecular weight is 321 g/mol. The van der Waals surface area contributed by atoms with E-state index in [0.717, 1.165) is 55.4 Å². The van der Waals surface area contributed by atoms with Crippen molar-refractivity contribution in [3.63, 3.8) is 0 Å². The third-order valence-electron chi connectivity index (χ3n) is 4.77. The largest absolute Gasteiger partial charge is 0.490 e. The number of nitrogens with zero attached hydrogens (tertiary/aromatic N) is 4. The van der Waals surface area contributed by atoms with E-state index in [0.29, 0.717) is 6.61 Å². The maximum Gasteiger partial charge on any atom is 0.157 e. The smallest absolute Gasteiger partial charge is 0.157 e. The Morgan fingerprint density at radius 3 is 3.00 bits per heavy atom. The van der Waals surface area contributed by atoms with Crippen LogP contribution in [0.5, 0.6) is 5.75 Å². The lowest BCUT2D eigenvalue weighted by atomic mass is 10.1. The van der Waals surface area contributed by atoms with E-state index >= 15 is 0 Å². The summed E-state index contributed by atoms with van der Waals surface area (Å²) in [5.74, 6) is 2.07. The molecule has 6 heteroatoms. The van der Waals surface area contributed by atoms with Gasteiger partial charge < -0.3 is 15.0 Å². The second-order valence-corrected chi connectivity index (χ2v) is 6.18. The quantitative estimate of drug-likeness (QED) is 0.742. The zero-order valence-corrected chi connectivity index (χ0v) is 13.4. The minimum Gasteiger partial charge on any atom is -0.490 e. The van der Waals surface area contributed by atoms with Gasteiger partial charge in [0.05, 0.1) is 24.1 Å². The summed E-state index contributed by atoms with van der Waals surface area (Å²) < 4.78 is 7.82. The second-order valence-electron chi connectivity index (χ2n) is 6.18. The van der Waals surface area contributed by atoms with E-state index in [1.54, 1.807) is 0 Å². The second kappa shape index (κ2) is 5.49. The number of fused-ring (bicyclic) bond motifs is 3. The molecule has 0 saturated carbocycles. The van der Waals surface area contributed by atoms with Crippen LogP contribution in [-0.4, -0.2) is 40.8 Å². The van der Waals surface area contributed by atoms with Gasteiger partial charge in [-0.25, -0.2) is 4.98 Å². The van der Waals surface area contributed by atoms with Crippen LogP contribution in [0.3, 0.4) is 0 Å². The Labute approximate surface area is 140 Å². The van der Waals surface area contributed by atoms with Gasteiger partial charge in [-0.05, 0) is 25.1 Å². The highest BCUT2D eigenvalue weighted by molar-refractivity contribution is 5.72. The molecule has 0 atom stereocenters. The van der Waals surface area contributed by atoms with Crippen LogP contribution < -0.4 is 15.0 Å². The van der Waals surface area contributed by atoms with Crippen molar-refractivity contribution in [2.75, 3.05) is 31.1 Å². The monoisotopic (exact) mass is 321 g/mol. The lowest BCUT2D eigenvalue weighted by molar-refractivity contribution is 0.313. The molecule has 0 spiro atoms. The van der Waals surface area contributed by atoms with Gasteiger partial charge in [-0.2, -0.15) is 9.61 Å². The molecule has 1 aromatic carbocycles. The number of ether oxygens (including phenoxy) is 1. The molecule has 3 aromatic rings. The van der Waals surface area contributed by atoms with Crippen molar-refractivity contribution in [1.29, 1.82) is 0 Å². The number of hydrogen-bond acceptors (Lipinski definition) is 5. The molecular formula is C18H19N5O. The molecule has 4 heterocycles. The first-order chi connectivity index (χ1) is 11.9. The summed E-state index contributed by atoms with van der Waals surface area (Å²) in [5.41, 5.74) is 4.50. The molecule has 2 aliphatic heterocycles. The zero-order valence-electron chi connectivity index (χ0n) is 13.4. The molecule has 1 N–H and O–H groups in total. The van der Waals surface area contributed by atoms with Gasteiger partial charge in [0.2, 0.25) is 0 Å². The van der Waals surface area contributed by atoms with Crippen LogP contribution >= 0.6 is 0 Å². The van der Waals surface area contributed by atoms with Gasteiger partial charge in [0.1, 0.15) is 18.2 Å². The van der Waals surface area contributed by atoms with E-state index in [1.807, 2.05) is 28.9 Å². The van der Waals surface area contributed by atoms with Gasteiger partial charge in [-0.15, -0.1) is 0 Å². The number of nitrogens with one attached hydrogen (secondary N) is 1. The average Bonchev–Trinajstić information content (AvgIpc) is 2.96. The van der Waals surface area contributed by atoms with Crippen LogP contribution in [0.2, 0.25) is 0 Å². The molecule has 0 aliphatic carbocycles. The van der Waals surface area contributed by atoms with E-state index in [-0.39, 0.29) is 0 Å². The molecule has 0 unspecified atom stereocenters. The highest BCUT2D eigenvalue weighted by atomic mass is 16.5. The van der Waals surface area contributed by atoms with Crippen molar-refractivity contribution >= 4 is 17.2 Å². The van der Waals surface area contributed by atoms with Crippen LogP contribution in [0.1, 0.15) is 11.3 Å². The molecule has 2 aliphatic rings. The van der Waals surface area contributed by atoms with Gasteiger partial charge in [-0.1, -0.05) is 12.1 Å². The predicted octanol–water partition coefficient (Wildman–Crippen LogP) is 1.95. The summed E-state index contributed by atoms with van der Waals surface area (Å²) in [5, 5.41) is 8.03. The maximum atomic E-state index is 5.84. The van der Waals surface area contributed by atoms with Gasteiger partial charge in [0.25, 0.3) is 0 Å². The number of para-hydroxylation sites is 2. The molecule has 0 bridgehead atoms. The molecule has 6 nitrogen and oxygen atoms in total. The molecule has 122 valence electrons. The van der Waals surface area contributed by atoms with Crippen molar-refractivity contribution in [3.05, 3.63) is 47.8 Å². The van der Waals surface area contributed by atoms with Crippen molar-refractivity contribution < 1.29 is 4.74 Å². The molecule has 0 fully saturated rings. The summed E-state index contributed by atoms with van der Waals surface area (Å²) in [4.78, 5) is 7.19. The van der Waals surface area contributed by atoms with Crippen LogP contribution in [0.4, 0.5) is 11.5 Å². The van der Waals surface area contributed by atoms with Gasteiger partial charge in [0.15, 0.2) is 5.65 Å². The Balaban J connectivity index is 1.77. The first kappa shape index (κ1) is 13.8. The lowest BCUT2D eigenvalue weighted by Crippen LogP contribution is -2.31. The van der Waals surface area contributed by atoms with Crippen molar-refractivity contribution in [2.45, 2.75) is 12.8 Å². The standard InChI is InChI=1S/C18H19N5O/c1-2-4-16-15(3-1)22(11-12-24-16)18-13-5-8-19-9-6-14(13)21-17-7-10-20-23(17)18/h1-4,7,10,19H,5-6,8-9,11-12H2. The summed E-state index contributed by atoms with van der Waals surface area (Å²) in [6, 6.07) is 10.2. The molecule has 2 aromatic heterocycles. The Kier molecular flexibility index (Phi) is 3.16. The topological polar surface area (TPSA) is 54.7 Å². The zero-order chi connectivity index (χ0) is 15.9. The fraction of sp³-hybridized carbons (Fsp3) is 0.333. The molecule has 0 saturated heterocycles. The third-order valence-corrected chi connectivity index (χ3v) is 4.77. The minimum atomic E-state index is 0.676. The normalized spacial score (nSPS) is 17.1. The van der Waals surface area contributed by atoms with E-state index in [1.165, 1.54) is 11.3 Å². The molecule has 0 radical (unpaired) electrons. The predicted molar refractivity (Wildman–Crippen MR) is 92.2 cm³/mol. The Hall–Kier alpha value is -2.60. The van der Waals surface area contributed by atoms with Crippen LogP contribution in [0.25, 0.3) is 5.65 Å².